The lowest BCUT2D eigenvalue weighted by atomic mass is 10.2. The molecule has 2 aromatic carbocycles. The Morgan fingerprint density at radius 1 is 0.944 bits per heavy atom. The first-order valence-corrected chi connectivity index (χ1v) is 6.07. The summed E-state index contributed by atoms with van der Waals surface area (Å²) in [5.41, 5.74) is 3.58. The van der Waals surface area contributed by atoms with Gasteiger partial charge in [0.15, 0.2) is 0 Å². The van der Waals surface area contributed by atoms with Crippen LogP contribution in [0.2, 0.25) is 0 Å². The third-order valence-corrected chi connectivity index (χ3v) is 2.77. The summed E-state index contributed by atoms with van der Waals surface area (Å²) in [5, 5.41) is 0. The molecule has 0 saturated carbocycles. The number of benzene rings is 2. The van der Waals surface area contributed by atoms with Crippen LogP contribution in [0, 0.1) is 0 Å². The Bertz CT molecular complexity index is 498. The van der Waals surface area contributed by atoms with Crippen LogP contribution in [-0.2, 0) is 6.54 Å². The van der Waals surface area contributed by atoms with E-state index in [0.29, 0.717) is 0 Å². The zero-order valence-corrected chi connectivity index (χ0v) is 10.9. The van der Waals surface area contributed by atoms with Crippen LogP contribution in [0.25, 0.3) is 0 Å². The van der Waals surface area contributed by atoms with Gasteiger partial charge in [-0.25, -0.2) is 0 Å². The van der Waals surface area contributed by atoms with Gasteiger partial charge in [0.05, 0.1) is 6.54 Å². The van der Waals surface area contributed by atoms with Gasteiger partial charge in [-0.1, -0.05) is 42.5 Å². The molecule has 18 heavy (non-hydrogen) atoms. The Balaban J connectivity index is 1.96. The molecule has 0 aliphatic rings. The molecule has 0 atom stereocenters. The van der Waals surface area contributed by atoms with Gasteiger partial charge in [0.25, 0.3) is 0 Å². The van der Waals surface area contributed by atoms with E-state index in [1.54, 1.807) is 0 Å². The molecule has 0 bridgehead atoms. The van der Waals surface area contributed by atoms with Crippen molar-refractivity contribution in [2.45, 2.75) is 6.54 Å². The minimum Gasteiger partial charge on any atom is -0.378 e. The van der Waals surface area contributed by atoms with Crippen molar-refractivity contribution < 1.29 is 0 Å². The summed E-state index contributed by atoms with van der Waals surface area (Å²) >= 11 is 0. The SMILES string of the molecule is CN(C)c1ccc(CN=Cc2ccccc2)cc1. The molecule has 0 heterocycles. The van der Waals surface area contributed by atoms with Crippen molar-refractivity contribution in [1.82, 2.24) is 0 Å². The molecule has 0 amide bonds. The van der Waals surface area contributed by atoms with Gasteiger partial charge in [-0.2, -0.15) is 0 Å². The lowest BCUT2D eigenvalue weighted by Gasteiger charge is -2.12. The summed E-state index contributed by atoms with van der Waals surface area (Å²) in [4.78, 5) is 6.54. The highest BCUT2D eigenvalue weighted by atomic mass is 15.1. The molecule has 0 aliphatic heterocycles. The summed E-state index contributed by atoms with van der Waals surface area (Å²) in [6.45, 7) is 0.725. The van der Waals surface area contributed by atoms with Crippen molar-refractivity contribution in [3.63, 3.8) is 0 Å². The largest absolute Gasteiger partial charge is 0.378 e. The van der Waals surface area contributed by atoms with Gasteiger partial charge < -0.3 is 4.90 Å². The number of rotatable bonds is 4. The number of anilines is 1. The van der Waals surface area contributed by atoms with Gasteiger partial charge in [-0.05, 0) is 23.3 Å². The highest BCUT2D eigenvalue weighted by molar-refractivity contribution is 5.79. The quantitative estimate of drug-likeness (QED) is 0.746. The predicted molar refractivity (Wildman–Crippen MR) is 78.5 cm³/mol. The minimum atomic E-state index is 0.725. The fourth-order valence-electron chi connectivity index (χ4n) is 1.70. The van der Waals surface area contributed by atoms with Crippen LogP contribution in [0.4, 0.5) is 5.69 Å². The molecule has 2 nitrogen and oxygen atoms in total. The molecule has 92 valence electrons. The number of hydrogen-bond acceptors (Lipinski definition) is 2. The van der Waals surface area contributed by atoms with Gasteiger partial charge >= 0.3 is 0 Å². The van der Waals surface area contributed by atoms with Gasteiger partial charge in [-0.3, -0.25) is 4.99 Å². The van der Waals surface area contributed by atoms with Crippen LogP contribution in [0.5, 0.6) is 0 Å². The van der Waals surface area contributed by atoms with E-state index in [1.165, 1.54) is 11.3 Å². The molecule has 0 fully saturated rings. The normalized spacial score (nSPS) is 10.8. The molecule has 0 N–H and O–H groups in total. The summed E-state index contributed by atoms with van der Waals surface area (Å²) in [5.74, 6) is 0. The maximum atomic E-state index is 4.45. The first-order valence-electron chi connectivity index (χ1n) is 6.07. The van der Waals surface area contributed by atoms with E-state index >= 15 is 0 Å². The Kier molecular flexibility index (Phi) is 4.13. The molecule has 0 aromatic heterocycles. The van der Waals surface area contributed by atoms with Gasteiger partial charge in [0, 0.05) is 26.0 Å². The van der Waals surface area contributed by atoms with Crippen molar-refractivity contribution in [3.8, 4) is 0 Å². The van der Waals surface area contributed by atoms with Crippen LogP contribution in [-0.4, -0.2) is 20.3 Å². The Labute approximate surface area is 109 Å². The zero-order chi connectivity index (χ0) is 12.8. The second kappa shape index (κ2) is 6.01. The lowest BCUT2D eigenvalue weighted by Crippen LogP contribution is -2.08. The Morgan fingerprint density at radius 3 is 2.22 bits per heavy atom. The van der Waals surface area contributed by atoms with Gasteiger partial charge in [0.1, 0.15) is 0 Å². The third kappa shape index (κ3) is 3.45. The van der Waals surface area contributed by atoms with Crippen LogP contribution in [0.3, 0.4) is 0 Å². The molecule has 2 aromatic rings. The molecule has 0 spiro atoms. The fourth-order valence-corrected chi connectivity index (χ4v) is 1.70. The van der Waals surface area contributed by atoms with E-state index in [2.05, 4.69) is 46.3 Å². The maximum Gasteiger partial charge on any atom is 0.0640 e. The van der Waals surface area contributed by atoms with E-state index in [9.17, 15) is 0 Å². The second-order valence-electron chi connectivity index (χ2n) is 4.44. The molecular weight excluding hydrogens is 220 g/mol. The summed E-state index contributed by atoms with van der Waals surface area (Å²) in [6.07, 6.45) is 1.92. The molecule has 0 unspecified atom stereocenters. The first-order chi connectivity index (χ1) is 8.75. The zero-order valence-electron chi connectivity index (χ0n) is 10.9. The molecule has 2 rings (SSSR count). The smallest absolute Gasteiger partial charge is 0.0640 e. The van der Waals surface area contributed by atoms with Crippen LogP contribution >= 0.6 is 0 Å². The van der Waals surface area contributed by atoms with E-state index < -0.39 is 0 Å². The van der Waals surface area contributed by atoms with E-state index in [1.807, 2.05) is 38.5 Å². The van der Waals surface area contributed by atoms with Crippen molar-refractivity contribution in [1.29, 1.82) is 0 Å². The molecule has 0 aliphatic carbocycles. The highest BCUT2D eigenvalue weighted by Crippen LogP contribution is 2.12. The van der Waals surface area contributed by atoms with Crippen molar-refractivity contribution >= 4 is 11.9 Å². The van der Waals surface area contributed by atoms with Crippen molar-refractivity contribution in [3.05, 3.63) is 65.7 Å². The van der Waals surface area contributed by atoms with Crippen molar-refractivity contribution in [2.75, 3.05) is 19.0 Å². The summed E-state index contributed by atoms with van der Waals surface area (Å²) < 4.78 is 0. The minimum absolute atomic E-state index is 0.725. The number of hydrogen-bond donors (Lipinski definition) is 0. The maximum absolute atomic E-state index is 4.45. The monoisotopic (exact) mass is 238 g/mol. The number of nitrogens with zero attached hydrogens (tertiary/aromatic N) is 2. The third-order valence-electron chi connectivity index (χ3n) is 2.77. The Hall–Kier alpha value is -2.09. The predicted octanol–water partition coefficient (Wildman–Crippen LogP) is 3.37. The Morgan fingerprint density at radius 2 is 1.61 bits per heavy atom. The average Bonchev–Trinajstić information content (AvgIpc) is 2.40. The van der Waals surface area contributed by atoms with E-state index in [4.69, 9.17) is 0 Å². The molecule has 2 heteroatoms. The number of aliphatic imine (C=N–C) groups is 1. The first kappa shape index (κ1) is 12.4. The van der Waals surface area contributed by atoms with Gasteiger partial charge in [0.2, 0.25) is 0 Å². The summed E-state index contributed by atoms with van der Waals surface area (Å²) in [6, 6.07) is 18.6. The van der Waals surface area contributed by atoms with Gasteiger partial charge in [-0.15, -0.1) is 0 Å². The molecule has 0 saturated heterocycles. The standard InChI is InChI=1S/C16H18N2/c1-18(2)16-10-8-15(9-11-16)13-17-12-14-6-4-3-5-7-14/h3-12H,13H2,1-2H3. The van der Waals surface area contributed by atoms with Crippen LogP contribution in [0.15, 0.2) is 59.6 Å². The summed E-state index contributed by atoms with van der Waals surface area (Å²) in [7, 11) is 4.09. The van der Waals surface area contributed by atoms with E-state index in [-0.39, 0.29) is 0 Å². The second-order valence-corrected chi connectivity index (χ2v) is 4.44. The fraction of sp³-hybridized carbons (Fsp3) is 0.188. The topological polar surface area (TPSA) is 15.6 Å². The van der Waals surface area contributed by atoms with Crippen molar-refractivity contribution in [2.24, 2.45) is 4.99 Å². The average molecular weight is 238 g/mol. The van der Waals surface area contributed by atoms with E-state index in [0.717, 1.165) is 12.1 Å². The van der Waals surface area contributed by atoms with Crippen LogP contribution in [0.1, 0.15) is 11.1 Å². The lowest BCUT2D eigenvalue weighted by molar-refractivity contribution is 1.07. The van der Waals surface area contributed by atoms with Crippen LogP contribution < -0.4 is 4.90 Å². The highest BCUT2D eigenvalue weighted by Gasteiger charge is 1.94. The molecule has 0 radical (unpaired) electrons. The molecular formula is C16H18N2.